The SMILES string of the molecule is Cc1ccc2c(c1)[C@H](NC(=S)Nc1cccc(N(C)S(C)(=O)=O)c1)CC(C)(C)O2. The molecule has 1 aliphatic heterocycles. The summed E-state index contributed by atoms with van der Waals surface area (Å²) in [6.07, 6.45) is 1.94. The number of benzene rings is 2. The van der Waals surface area contributed by atoms with Gasteiger partial charge in [0, 0.05) is 24.7 Å². The van der Waals surface area contributed by atoms with Gasteiger partial charge in [-0.15, -0.1) is 0 Å². The van der Waals surface area contributed by atoms with Crippen LogP contribution < -0.4 is 19.7 Å². The van der Waals surface area contributed by atoms with Crippen LogP contribution in [-0.4, -0.2) is 32.4 Å². The molecule has 2 aromatic rings. The van der Waals surface area contributed by atoms with E-state index < -0.39 is 10.0 Å². The normalized spacial score (nSPS) is 17.6. The molecule has 0 unspecified atom stereocenters. The number of rotatable bonds is 4. The molecule has 6 nitrogen and oxygen atoms in total. The van der Waals surface area contributed by atoms with E-state index >= 15 is 0 Å². The molecule has 0 bridgehead atoms. The van der Waals surface area contributed by atoms with Crippen LogP contribution >= 0.6 is 12.2 Å². The van der Waals surface area contributed by atoms with Crippen LogP contribution in [0, 0.1) is 6.92 Å². The number of ether oxygens (including phenoxy) is 1. The molecule has 1 atom stereocenters. The lowest BCUT2D eigenvalue weighted by atomic mass is 9.89. The maximum atomic E-state index is 11.8. The molecule has 0 saturated carbocycles. The first-order valence-corrected chi connectivity index (χ1v) is 11.6. The molecule has 8 heteroatoms. The molecular weight excluding hydrogens is 406 g/mol. The van der Waals surface area contributed by atoms with Gasteiger partial charge in [-0.05, 0) is 57.3 Å². The van der Waals surface area contributed by atoms with Crippen LogP contribution in [0.15, 0.2) is 42.5 Å². The van der Waals surface area contributed by atoms with Crippen LogP contribution in [0.25, 0.3) is 0 Å². The van der Waals surface area contributed by atoms with Gasteiger partial charge in [0.2, 0.25) is 10.0 Å². The first-order chi connectivity index (χ1) is 13.4. The lowest BCUT2D eigenvalue weighted by molar-refractivity contribution is 0.0696. The molecule has 0 spiro atoms. The van der Waals surface area contributed by atoms with Crippen molar-refractivity contribution in [3.8, 4) is 5.75 Å². The Hall–Kier alpha value is -2.32. The molecule has 3 rings (SSSR count). The fraction of sp³-hybridized carbons (Fsp3) is 0.381. The maximum absolute atomic E-state index is 11.8. The van der Waals surface area contributed by atoms with Gasteiger partial charge < -0.3 is 15.4 Å². The quantitative estimate of drug-likeness (QED) is 0.711. The second-order valence-corrected chi connectivity index (χ2v) is 10.5. The minimum Gasteiger partial charge on any atom is -0.487 e. The second-order valence-electron chi connectivity index (χ2n) is 8.04. The number of nitrogens with zero attached hydrogens (tertiary/aromatic N) is 1. The molecule has 0 amide bonds. The number of anilines is 2. The highest BCUT2D eigenvalue weighted by molar-refractivity contribution is 7.92. The van der Waals surface area contributed by atoms with Gasteiger partial charge in [-0.25, -0.2) is 8.42 Å². The molecule has 2 aromatic carbocycles. The predicted octanol–water partition coefficient (Wildman–Crippen LogP) is 3.98. The third kappa shape index (κ3) is 5.19. The number of sulfonamides is 1. The highest BCUT2D eigenvalue weighted by Gasteiger charge is 2.34. The van der Waals surface area contributed by atoms with Crippen LogP contribution in [0.3, 0.4) is 0 Å². The molecule has 2 N–H and O–H groups in total. The third-order valence-corrected chi connectivity index (χ3v) is 6.32. The molecule has 0 aromatic heterocycles. The van der Waals surface area contributed by atoms with Crippen molar-refractivity contribution in [2.24, 2.45) is 0 Å². The minimum absolute atomic E-state index is 0.00975. The number of hydrogen-bond donors (Lipinski definition) is 2. The van der Waals surface area contributed by atoms with Crippen LogP contribution in [0.5, 0.6) is 5.75 Å². The molecule has 156 valence electrons. The number of hydrogen-bond acceptors (Lipinski definition) is 4. The summed E-state index contributed by atoms with van der Waals surface area (Å²) in [4.78, 5) is 0. The van der Waals surface area contributed by atoms with Gasteiger partial charge in [0.15, 0.2) is 5.11 Å². The summed E-state index contributed by atoms with van der Waals surface area (Å²) in [6, 6.07) is 13.3. The summed E-state index contributed by atoms with van der Waals surface area (Å²) in [5.41, 5.74) is 3.21. The fourth-order valence-electron chi connectivity index (χ4n) is 3.40. The van der Waals surface area contributed by atoms with Crippen molar-refractivity contribution in [3.63, 3.8) is 0 Å². The predicted molar refractivity (Wildman–Crippen MR) is 122 cm³/mol. The van der Waals surface area contributed by atoms with Crippen molar-refractivity contribution in [2.75, 3.05) is 22.9 Å². The van der Waals surface area contributed by atoms with E-state index in [0.29, 0.717) is 16.5 Å². The first-order valence-electron chi connectivity index (χ1n) is 9.36. The van der Waals surface area contributed by atoms with Crippen molar-refractivity contribution in [1.82, 2.24) is 5.32 Å². The Morgan fingerprint density at radius 2 is 1.97 bits per heavy atom. The molecule has 0 aliphatic carbocycles. The summed E-state index contributed by atoms with van der Waals surface area (Å²) >= 11 is 5.54. The number of thiocarbonyl (C=S) groups is 1. The Morgan fingerprint density at radius 1 is 1.24 bits per heavy atom. The Morgan fingerprint density at radius 3 is 2.66 bits per heavy atom. The fourth-order valence-corrected chi connectivity index (χ4v) is 4.16. The average Bonchev–Trinajstić information content (AvgIpc) is 2.60. The van der Waals surface area contributed by atoms with Gasteiger partial charge >= 0.3 is 0 Å². The maximum Gasteiger partial charge on any atom is 0.231 e. The Kier molecular flexibility index (Phi) is 5.78. The Bertz CT molecular complexity index is 1040. The topological polar surface area (TPSA) is 70.7 Å². The van der Waals surface area contributed by atoms with Gasteiger partial charge in [-0.2, -0.15) is 0 Å². The zero-order valence-corrected chi connectivity index (χ0v) is 18.9. The average molecular weight is 434 g/mol. The highest BCUT2D eigenvalue weighted by Crippen LogP contribution is 2.39. The Balaban J connectivity index is 1.77. The minimum atomic E-state index is -3.33. The first kappa shape index (κ1) is 21.4. The lowest BCUT2D eigenvalue weighted by Gasteiger charge is -2.38. The monoisotopic (exact) mass is 433 g/mol. The third-order valence-electron chi connectivity index (χ3n) is 4.89. The van der Waals surface area contributed by atoms with Gasteiger partial charge in [-0.1, -0.05) is 23.8 Å². The Labute approximate surface area is 178 Å². The van der Waals surface area contributed by atoms with E-state index in [1.165, 1.54) is 17.6 Å². The summed E-state index contributed by atoms with van der Waals surface area (Å²) in [5.74, 6) is 0.865. The summed E-state index contributed by atoms with van der Waals surface area (Å²) in [5, 5.41) is 7.03. The molecule has 0 saturated heterocycles. The zero-order chi connectivity index (χ0) is 21.4. The van der Waals surface area contributed by atoms with E-state index in [9.17, 15) is 8.42 Å². The van der Waals surface area contributed by atoms with Gasteiger partial charge in [0.1, 0.15) is 11.4 Å². The van der Waals surface area contributed by atoms with Crippen LogP contribution in [0.4, 0.5) is 11.4 Å². The second kappa shape index (κ2) is 7.84. The van der Waals surface area contributed by atoms with E-state index in [-0.39, 0.29) is 11.6 Å². The zero-order valence-electron chi connectivity index (χ0n) is 17.3. The van der Waals surface area contributed by atoms with Gasteiger partial charge in [0.05, 0.1) is 18.0 Å². The molecule has 1 aliphatic rings. The number of aryl methyl sites for hydroxylation is 1. The number of fused-ring (bicyclic) bond motifs is 1. The van der Waals surface area contributed by atoms with Crippen molar-refractivity contribution in [2.45, 2.75) is 38.8 Å². The largest absolute Gasteiger partial charge is 0.487 e. The van der Waals surface area contributed by atoms with Gasteiger partial charge in [0.25, 0.3) is 0 Å². The smallest absolute Gasteiger partial charge is 0.231 e. The van der Waals surface area contributed by atoms with Crippen molar-refractivity contribution < 1.29 is 13.2 Å². The molecular formula is C21H27N3O3S2. The van der Waals surface area contributed by atoms with Crippen LogP contribution in [0.2, 0.25) is 0 Å². The van der Waals surface area contributed by atoms with Gasteiger partial charge in [-0.3, -0.25) is 4.31 Å². The molecule has 0 fully saturated rings. The van der Waals surface area contributed by atoms with E-state index in [1.807, 2.05) is 18.2 Å². The van der Waals surface area contributed by atoms with Crippen LogP contribution in [0.1, 0.15) is 37.4 Å². The van der Waals surface area contributed by atoms with E-state index in [1.54, 1.807) is 18.2 Å². The van der Waals surface area contributed by atoms with Crippen molar-refractivity contribution in [1.29, 1.82) is 0 Å². The van der Waals surface area contributed by atoms with E-state index in [0.717, 1.165) is 23.3 Å². The molecule has 0 radical (unpaired) electrons. The highest BCUT2D eigenvalue weighted by atomic mass is 32.2. The van der Waals surface area contributed by atoms with E-state index in [4.69, 9.17) is 17.0 Å². The lowest BCUT2D eigenvalue weighted by Crippen LogP contribution is -2.42. The summed E-state index contributed by atoms with van der Waals surface area (Å²) in [7, 11) is -1.81. The van der Waals surface area contributed by atoms with Crippen molar-refractivity contribution >= 4 is 38.7 Å². The summed E-state index contributed by atoms with van der Waals surface area (Å²) < 4.78 is 30.9. The van der Waals surface area contributed by atoms with Crippen LogP contribution in [-0.2, 0) is 10.0 Å². The molecule has 1 heterocycles. The van der Waals surface area contributed by atoms with Crippen molar-refractivity contribution in [3.05, 3.63) is 53.6 Å². The standard InChI is InChI=1S/C21H27N3O3S2/c1-14-9-10-19-17(11-14)18(13-21(2,3)27-19)23-20(28)22-15-7-6-8-16(12-15)24(4)29(5,25)26/h6-12,18H,13H2,1-5H3,(H2,22,23,28)/t18-/m1/s1. The van der Waals surface area contributed by atoms with E-state index in [2.05, 4.69) is 37.5 Å². The summed E-state index contributed by atoms with van der Waals surface area (Å²) in [6.45, 7) is 6.17. The molecule has 29 heavy (non-hydrogen) atoms. The number of nitrogens with one attached hydrogen (secondary N) is 2.